The summed E-state index contributed by atoms with van der Waals surface area (Å²) in [6.45, 7) is 15.8. The summed E-state index contributed by atoms with van der Waals surface area (Å²) in [7, 11) is 0. The molecule has 3 amide bonds. The Morgan fingerprint density at radius 3 is 2.05 bits per heavy atom. The van der Waals surface area contributed by atoms with Crippen LogP contribution >= 0.6 is 0 Å². The van der Waals surface area contributed by atoms with E-state index in [2.05, 4.69) is 5.32 Å². The van der Waals surface area contributed by atoms with Gasteiger partial charge in [0.15, 0.2) is 11.6 Å². The molecule has 2 fully saturated rings. The van der Waals surface area contributed by atoms with E-state index in [4.69, 9.17) is 24.7 Å². The van der Waals surface area contributed by atoms with Gasteiger partial charge in [0.25, 0.3) is 0 Å². The average Bonchev–Trinajstić information content (AvgIpc) is 3.55. The van der Waals surface area contributed by atoms with Crippen LogP contribution < -0.4 is 11.1 Å². The van der Waals surface area contributed by atoms with Crippen LogP contribution in [0.1, 0.15) is 139 Å². The maximum atomic E-state index is 14.5. The molecule has 1 aliphatic heterocycles. The monoisotopic (exact) mass is 807 g/mol. The maximum Gasteiger partial charge on any atom is 0.332 e. The Kier molecular flexibility index (Phi) is 20.0. The van der Waals surface area contributed by atoms with Crippen LogP contribution in [0.4, 0.5) is 0 Å². The number of carbonyl (C=O) groups excluding carboxylic acids is 8. The van der Waals surface area contributed by atoms with E-state index in [1.807, 2.05) is 20.8 Å². The summed E-state index contributed by atoms with van der Waals surface area (Å²) in [4.78, 5) is 107. The number of esters is 2. The number of hydrogen-bond acceptors (Lipinski definition) is 12. The third kappa shape index (κ3) is 18.2. The van der Waals surface area contributed by atoms with Gasteiger partial charge in [-0.2, -0.15) is 0 Å². The van der Waals surface area contributed by atoms with E-state index in [1.165, 1.54) is 4.90 Å². The molecule has 0 aromatic rings. The second kappa shape index (κ2) is 23.0. The molecule has 0 aromatic carbocycles. The van der Waals surface area contributed by atoms with Gasteiger partial charge in [-0.3, -0.25) is 33.6 Å². The minimum Gasteiger partial charge on any atom is -0.465 e. The lowest BCUT2D eigenvalue weighted by atomic mass is 9.77. The Morgan fingerprint density at radius 2 is 1.49 bits per heavy atom. The number of Topliss-reactive ketones (excluding diaryl/α,β-unsaturated/α-hetero) is 3. The zero-order valence-corrected chi connectivity index (χ0v) is 35.8. The molecule has 3 N–H and O–H groups in total. The molecule has 57 heavy (non-hydrogen) atoms. The molecular formula is C42H69N3O12. The topological polar surface area (TPSA) is 215 Å². The highest BCUT2D eigenvalue weighted by molar-refractivity contribution is 6.38. The van der Waals surface area contributed by atoms with Crippen LogP contribution in [0.2, 0.25) is 0 Å². The zero-order valence-electron chi connectivity index (χ0n) is 35.8. The fourth-order valence-electron chi connectivity index (χ4n) is 7.15. The van der Waals surface area contributed by atoms with Gasteiger partial charge in [0.05, 0.1) is 43.3 Å². The Bertz CT molecular complexity index is 1410. The predicted octanol–water partition coefficient (Wildman–Crippen LogP) is 4.18. The van der Waals surface area contributed by atoms with Gasteiger partial charge >= 0.3 is 11.9 Å². The van der Waals surface area contributed by atoms with E-state index in [-0.39, 0.29) is 69.6 Å². The van der Waals surface area contributed by atoms with Crippen LogP contribution in [0.3, 0.4) is 0 Å². The van der Waals surface area contributed by atoms with E-state index in [0.29, 0.717) is 6.42 Å². The summed E-state index contributed by atoms with van der Waals surface area (Å²) in [5, 5.41) is 2.45. The summed E-state index contributed by atoms with van der Waals surface area (Å²) < 4.78 is 22.3. The van der Waals surface area contributed by atoms with Gasteiger partial charge in [0.1, 0.15) is 18.2 Å². The summed E-state index contributed by atoms with van der Waals surface area (Å²) in [5.74, 6) is -6.77. The Balaban J connectivity index is 2.27. The van der Waals surface area contributed by atoms with Gasteiger partial charge in [-0.1, -0.05) is 46.5 Å². The smallest absolute Gasteiger partial charge is 0.332 e. The Morgan fingerprint density at radius 1 is 0.842 bits per heavy atom. The van der Waals surface area contributed by atoms with E-state index in [9.17, 15) is 38.4 Å². The number of ether oxygens (including phenoxy) is 4. The fourth-order valence-corrected chi connectivity index (χ4v) is 7.15. The van der Waals surface area contributed by atoms with Crippen LogP contribution in [0.25, 0.3) is 0 Å². The number of likely N-dealkylation sites (tertiary alicyclic amines) is 1. The number of ketones is 3. The molecule has 3 unspecified atom stereocenters. The molecule has 324 valence electrons. The average molecular weight is 808 g/mol. The van der Waals surface area contributed by atoms with E-state index < -0.39 is 95.4 Å². The van der Waals surface area contributed by atoms with E-state index in [0.717, 1.165) is 32.1 Å². The first-order chi connectivity index (χ1) is 26.5. The van der Waals surface area contributed by atoms with E-state index in [1.54, 1.807) is 41.5 Å². The highest BCUT2D eigenvalue weighted by Crippen LogP contribution is 2.36. The van der Waals surface area contributed by atoms with Crippen LogP contribution in [-0.4, -0.2) is 108 Å². The van der Waals surface area contributed by atoms with Crippen molar-refractivity contribution >= 4 is 47.0 Å². The van der Waals surface area contributed by atoms with Gasteiger partial charge in [0, 0.05) is 38.1 Å². The minimum absolute atomic E-state index is 0.0180. The first-order valence-corrected chi connectivity index (χ1v) is 20.6. The number of nitrogens with two attached hydrogens (primary N) is 1. The molecule has 1 saturated carbocycles. The maximum absolute atomic E-state index is 14.5. The molecule has 1 aliphatic carbocycles. The highest BCUT2D eigenvalue weighted by Gasteiger charge is 2.45. The third-order valence-electron chi connectivity index (χ3n) is 9.95. The molecule has 0 radical (unpaired) electrons. The van der Waals surface area contributed by atoms with Crippen molar-refractivity contribution in [1.29, 1.82) is 0 Å². The molecule has 2 rings (SSSR count). The number of rotatable bonds is 23. The van der Waals surface area contributed by atoms with E-state index >= 15 is 0 Å². The zero-order chi connectivity index (χ0) is 43.1. The van der Waals surface area contributed by atoms with Crippen molar-refractivity contribution in [2.75, 3.05) is 26.4 Å². The second-order valence-electron chi connectivity index (χ2n) is 17.9. The molecule has 1 heterocycles. The van der Waals surface area contributed by atoms with Crippen LogP contribution in [-0.2, 0) is 57.3 Å². The number of nitrogens with one attached hydrogen (secondary N) is 1. The van der Waals surface area contributed by atoms with Gasteiger partial charge in [-0.25, -0.2) is 4.79 Å². The summed E-state index contributed by atoms with van der Waals surface area (Å²) in [5.41, 5.74) is 4.07. The lowest BCUT2D eigenvalue weighted by Crippen LogP contribution is -2.48. The van der Waals surface area contributed by atoms with Crippen molar-refractivity contribution in [3.05, 3.63) is 0 Å². The predicted molar refractivity (Wildman–Crippen MR) is 210 cm³/mol. The lowest BCUT2D eigenvalue weighted by molar-refractivity contribution is -0.162. The summed E-state index contributed by atoms with van der Waals surface area (Å²) >= 11 is 0. The van der Waals surface area contributed by atoms with Crippen LogP contribution in [0, 0.1) is 23.7 Å². The van der Waals surface area contributed by atoms with Crippen molar-refractivity contribution in [3.63, 3.8) is 0 Å². The minimum atomic E-state index is -1.13. The largest absolute Gasteiger partial charge is 0.465 e. The fraction of sp³-hybridized carbons (Fsp3) is 0.810. The second-order valence-corrected chi connectivity index (χ2v) is 17.9. The molecule has 15 nitrogen and oxygen atoms in total. The Labute approximate surface area is 338 Å². The standard InChI is InChI=1S/C42H69N3O12/c1-10-14-28(38(51)33(46)17-18-35(48)44-31(39(43)52)24-56-41(4,5)6)19-34(47)32-20-29(54-25-37(50)57-42(7,8)9)22-45(32)40(53)30(27-15-12-11-13-16-27)21-36(49)55-23-26(2)3/h26-32H,10-25H2,1-9H3,(H2,43,52)(H,44,48)/t28?,29-,30?,31?,32+/m1/s1. The van der Waals surface area contributed by atoms with Crippen molar-refractivity contribution < 1.29 is 57.3 Å². The van der Waals surface area contributed by atoms with Gasteiger partial charge in [-0.05, 0) is 72.6 Å². The highest BCUT2D eigenvalue weighted by atomic mass is 16.6. The van der Waals surface area contributed by atoms with Crippen molar-refractivity contribution in [2.45, 2.75) is 169 Å². The number of hydrogen-bond donors (Lipinski definition) is 2. The molecule has 15 heteroatoms. The summed E-state index contributed by atoms with van der Waals surface area (Å²) in [6.07, 6.45) is 3.05. The van der Waals surface area contributed by atoms with Crippen LogP contribution in [0.15, 0.2) is 0 Å². The van der Waals surface area contributed by atoms with Crippen molar-refractivity contribution in [2.24, 2.45) is 29.4 Å². The van der Waals surface area contributed by atoms with Gasteiger partial charge in [0.2, 0.25) is 23.5 Å². The molecular weight excluding hydrogens is 738 g/mol. The molecule has 0 bridgehead atoms. The molecule has 0 aromatic heterocycles. The SMILES string of the molecule is CCCC(CC(=O)[C@@H]1C[C@@H](OCC(=O)OC(C)(C)C)CN1C(=O)C(CC(=O)OCC(C)C)C1CCCCC1)C(=O)C(=O)CCC(=O)NC(COC(C)(C)C)C(N)=O. The molecule has 5 atom stereocenters. The number of primary amides is 1. The normalized spacial score (nSPS) is 19.4. The number of nitrogens with zero attached hydrogens (tertiary/aromatic N) is 1. The van der Waals surface area contributed by atoms with Crippen molar-refractivity contribution in [1.82, 2.24) is 10.2 Å². The quantitative estimate of drug-likeness (QED) is 0.110. The van der Waals surface area contributed by atoms with Crippen LogP contribution in [0.5, 0.6) is 0 Å². The third-order valence-corrected chi connectivity index (χ3v) is 9.95. The molecule has 1 saturated heterocycles. The molecule has 0 spiro atoms. The van der Waals surface area contributed by atoms with Gasteiger partial charge < -0.3 is 34.9 Å². The first kappa shape index (κ1) is 49.4. The number of amides is 3. The first-order valence-electron chi connectivity index (χ1n) is 20.6. The molecule has 2 aliphatic rings. The van der Waals surface area contributed by atoms with Crippen molar-refractivity contribution in [3.8, 4) is 0 Å². The lowest BCUT2D eigenvalue weighted by Gasteiger charge is -2.34. The number of carbonyl (C=O) groups is 8. The Hall–Kier alpha value is -3.72. The summed E-state index contributed by atoms with van der Waals surface area (Å²) in [6, 6.07) is -2.17. The van der Waals surface area contributed by atoms with Gasteiger partial charge in [-0.15, -0.1) is 0 Å².